The number of nitrogens with zero attached hydrogens (tertiary/aromatic N) is 3. The van der Waals surface area contributed by atoms with Gasteiger partial charge in [-0.15, -0.1) is 10.2 Å². The Morgan fingerprint density at radius 3 is 2.78 bits per heavy atom. The van der Waals surface area contributed by atoms with E-state index in [9.17, 15) is 13.9 Å². The van der Waals surface area contributed by atoms with Gasteiger partial charge in [0, 0.05) is 12.8 Å². The molecule has 100 valence electrons. The molecule has 2 N–H and O–H groups in total. The molecule has 0 unspecified atom stereocenters. The summed E-state index contributed by atoms with van der Waals surface area (Å²) in [5.74, 6) is -2.61. The molecule has 0 aromatic carbocycles. The second kappa shape index (κ2) is 4.89. The Balaban J connectivity index is 2.03. The van der Waals surface area contributed by atoms with E-state index in [1.807, 2.05) is 0 Å². The summed E-state index contributed by atoms with van der Waals surface area (Å²) in [6.07, 6.45) is -1.79. The quantitative estimate of drug-likeness (QED) is 0.863. The van der Waals surface area contributed by atoms with Crippen molar-refractivity contribution in [2.45, 2.75) is 44.3 Å². The lowest BCUT2D eigenvalue weighted by atomic mass is 9.90. The first-order valence-corrected chi connectivity index (χ1v) is 5.94. The maximum atomic E-state index is 13.0. The topological polar surface area (TPSA) is 70.9 Å². The van der Waals surface area contributed by atoms with E-state index >= 15 is 0 Å². The number of halogens is 3. The average Bonchev–Trinajstić information content (AvgIpc) is 2.27. The minimum absolute atomic E-state index is 0.152. The van der Waals surface area contributed by atoms with E-state index in [0.29, 0.717) is 5.69 Å². The zero-order valence-electron chi connectivity index (χ0n) is 9.70. The predicted molar refractivity (Wildman–Crippen MR) is 61.8 cm³/mol. The third-order valence-electron chi connectivity index (χ3n) is 2.91. The van der Waals surface area contributed by atoms with Crippen LogP contribution in [0.2, 0.25) is 5.15 Å². The third-order valence-corrected chi connectivity index (χ3v) is 3.26. The summed E-state index contributed by atoms with van der Waals surface area (Å²) in [7, 11) is 0. The van der Waals surface area contributed by atoms with Crippen molar-refractivity contribution in [2.75, 3.05) is 5.32 Å². The highest BCUT2D eigenvalue weighted by Crippen LogP contribution is 2.34. The molecule has 2 atom stereocenters. The van der Waals surface area contributed by atoms with Crippen LogP contribution in [0, 0.1) is 6.92 Å². The van der Waals surface area contributed by atoms with Gasteiger partial charge in [0.15, 0.2) is 5.15 Å². The molecule has 0 spiro atoms. The van der Waals surface area contributed by atoms with Crippen molar-refractivity contribution in [1.29, 1.82) is 0 Å². The fourth-order valence-corrected chi connectivity index (χ4v) is 1.98. The molecule has 0 aliphatic heterocycles. The maximum Gasteiger partial charge on any atom is 0.250 e. The number of rotatable bonds is 2. The molecule has 0 amide bonds. The largest absolute Gasteiger partial charge is 0.391 e. The summed E-state index contributed by atoms with van der Waals surface area (Å²) in [4.78, 5) is 4.02. The molecule has 5 nitrogen and oxygen atoms in total. The lowest BCUT2D eigenvalue weighted by Crippen LogP contribution is -2.44. The third kappa shape index (κ3) is 3.02. The summed E-state index contributed by atoms with van der Waals surface area (Å²) >= 11 is 5.68. The number of nitrogens with one attached hydrogen (secondary N) is 1. The van der Waals surface area contributed by atoms with Gasteiger partial charge in [-0.1, -0.05) is 11.6 Å². The van der Waals surface area contributed by atoms with Gasteiger partial charge >= 0.3 is 0 Å². The zero-order valence-corrected chi connectivity index (χ0v) is 10.5. The molecule has 1 saturated carbocycles. The fourth-order valence-electron chi connectivity index (χ4n) is 1.90. The Kier molecular flexibility index (Phi) is 3.63. The van der Waals surface area contributed by atoms with Crippen LogP contribution < -0.4 is 5.32 Å². The van der Waals surface area contributed by atoms with E-state index in [2.05, 4.69) is 20.5 Å². The molecular formula is C10H13ClF2N4O. The van der Waals surface area contributed by atoms with Gasteiger partial charge in [-0.25, -0.2) is 13.8 Å². The monoisotopic (exact) mass is 278 g/mol. The molecule has 2 rings (SSSR count). The molecule has 18 heavy (non-hydrogen) atoms. The highest BCUT2D eigenvalue weighted by molar-refractivity contribution is 6.29. The van der Waals surface area contributed by atoms with Crippen LogP contribution in [-0.2, 0) is 0 Å². The number of alkyl halides is 2. The van der Waals surface area contributed by atoms with Crippen LogP contribution in [0.3, 0.4) is 0 Å². The number of aryl methyl sites for hydroxylation is 1. The van der Waals surface area contributed by atoms with Crippen LogP contribution in [0.4, 0.5) is 14.7 Å². The molecule has 8 heteroatoms. The van der Waals surface area contributed by atoms with Crippen LogP contribution >= 0.6 is 11.6 Å². The van der Waals surface area contributed by atoms with Gasteiger partial charge in [0.2, 0.25) is 5.95 Å². The number of aliphatic hydroxyl groups excluding tert-OH is 1. The predicted octanol–water partition coefficient (Wildman–Crippen LogP) is 1.79. The number of aromatic nitrogens is 3. The second-order valence-electron chi connectivity index (χ2n) is 4.43. The molecule has 1 aliphatic rings. The first-order chi connectivity index (χ1) is 8.37. The van der Waals surface area contributed by atoms with E-state index in [1.165, 1.54) is 0 Å². The van der Waals surface area contributed by atoms with Gasteiger partial charge in [0.1, 0.15) is 0 Å². The van der Waals surface area contributed by atoms with E-state index in [1.54, 1.807) is 6.92 Å². The van der Waals surface area contributed by atoms with Crippen LogP contribution in [0.25, 0.3) is 0 Å². The van der Waals surface area contributed by atoms with Crippen LogP contribution in [0.15, 0.2) is 0 Å². The highest BCUT2D eigenvalue weighted by atomic mass is 35.5. The summed E-state index contributed by atoms with van der Waals surface area (Å²) in [5.41, 5.74) is 0.491. The SMILES string of the molecule is Cc1nc(N[C@@H]2CCC(F)(F)C[C@H]2O)nnc1Cl. The second-order valence-corrected chi connectivity index (χ2v) is 4.79. The molecule has 1 aromatic rings. The first-order valence-electron chi connectivity index (χ1n) is 5.57. The van der Waals surface area contributed by atoms with Gasteiger partial charge in [0.05, 0.1) is 17.8 Å². The molecule has 0 radical (unpaired) electrons. The van der Waals surface area contributed by atoms with Gasteiger partial charge in [-0.3, -0.25) is 0 Å². The highest BCUT2D eigenvalue weighted by Gasteiger charge is 2.40. The average molecular weight is 279 g/mol. The van der Waals surface area contributed by atoms with E-state index in [0.717, 1.165) is 0 Å². The Labute approximate surface area is 108 Å². The number of anilines is 1. The van der Waals surface area contributed by atoms with Crippen LogP contribution in [-0.4, -0.2) is 38.4 Å². The lowest BCUT2D eigenvalue weighted by molar-refractivity contribution is -0.0800. The lowest BCUT2D eigenvalue weighted by Gasteiger charge is -2.33. The smallest absolute Gasteiger partial charge is 0.250 e. The Morgan fingerprint density at radius 1 is 1.44 bits per heavy atom. The van der Waals surface area contributed by atoms with Crippen molar-refractivity contribution >= 4 is 17.5 Å². The van der Waals surface area contributed by atoms with Crippen molar-refractivity contribution in [2.24, 2.45) is 0 Å². The fraction of sp³-hybridized carbons (Fsp3) is 0.700. The minimum Gasteiger partial charge on any atom is -0.391 e. The minimum atomic E-state index is -2.80. The van der Waals surface area contributed by atoms with Gasteiger partial charge in [-0.05, 0) is 13.3 Å². The molecule has 0 saturated heterocycles. The molecule has 1 heterocycles. The Bertz CT molecular complexity index is 446. The van der Waals surface area contributed by atoms with Crippen LogP contribution in [0.5, 0.6) is 0 Å². The number of hydrogen-bond donors (Lipinski definition) is 2. The van der Waals surface area contributed by atoms with Crippen molar-refractivity contribution in [3.05, 3.63) is 10.8 Å². The number of hydrogen-bond acceptors (Lipinski definition) is 5. The van der Waals surface area contributed by atoms with Gasteiger partial charge in [-0.2, -0.15) is 0 Å². The van der Waals surface area contributed by atoms with Gasteiger partial charge in [0.25, 0.3) is 5.92 Å². The number of aliphatic hydroxyl groups is 1. The molecule has 1 aromatic heterocycles. The standard InChI is InChI=1S/C10H13ClF2N4O/c1-5-8(11)16-17-9(14-5)15-6-2-3-10(12,13)4-7(6)18/h6-7,18H,2-4H2,1H3,(H,14,15,17)/t6-,7-/m1/s1. The molecule has 0 bridgehead atoms. The Hall–Kier alpha value is -1.08. The summed E-state index contributed by atoms with van der Waals surface area (Å²) in [5, 5.41) is 20.0. The normalized spacial score (nSPS) is 26.9. The van der Waals surface area contributed by atoms with E-state index in [4.69, 9.17) is 11.6 Å². The molecular weight excluding hydrogens is 266 g/mol. The van der Waals surface area contributed by atoms with Gasteiger partial charge < -0.3 is 10.4 Å². The molecule has 1 fully saturated rings. The summed E-state index contributed by atoms with van der Waals surface area (Å²) < 4.78 is 26.1. The Morgan fingerprint density at radius 2 is 2.17 bits per heavy atom. The van der Waals surface area contributed by atoms with Crippen molar-refractivity contribution < 1.29 is 13.9 Å². The van der Waals surface area contributed by atoms with E-state index in [-0.39, 0.29) is 23.9 Å². The van der Waals surface area contributed by atoms with Crippen molar-refractivity contribution in [3.8, 4) is 0 Å². The maximum absolute atomic E-state index is 13.0. The zero-order chi connectivity index (χ0) is 13.3. The summed E-state index contributed by atoms with van der Waals surface area (Å²) in [6.45, 7) is 1.66. The van der Waals surface area contributed by atoms with E-state index < -0.39 is 24.5 Å². The van der Waals surface area contributed by atoms with Crippen LogP contribution in [0.1, 0.15) is 25.0 Å². The van der Waals surface area contributed by atoms with Crippen molar-refractivity contribution in [1.82, 2.24) is 15.2 Å². The summed E-state index contributed by atoms with van der Waals surface area (Å²) in [6, 6.07) is -0.494. The molecule has 1 aliphatic carbocycles. The van der Waals surface area contributed by atoms with Crippen molar-refractivity contribution in [3.63, 3.8) is 0 Å². The first kappa shape index (κ1) is 13.4.